The normalized spacial score (nSPS) is 14.6. The molecule has 0 aliphatic carbocycles. The van der Waals surface area contributed by atoms with Crippen LogP contribution in [0.3, 0.4) is 0 Å². The van der Waals surface area contributed by atoms with Crippen molar-refractivity contribution in [3.63, 3.8) is 0 Å². The summed E-state index contributed by atoms with van der Waals surface area (Å²) in [5, 5.41) is 1.74. The third-order valence-electron chi connectivity index (χ3n) is 4.73. The van der Waals surface area contributed by atoms with Gasteiger partial charge in [-0.3, -0.25) is 0 Å². The van der Waals surface area contributed by atoms with E-state index in [-0.39, 0.29) is 4.90 Å². The Morgan fingerprint density at radius 2 is 1.64 bits per heavy atom. The molecule has 0 amide bonds. The first-order chi connectivity index (χ1) is 13.5. The Morgan fingerprint density at radius 1 is 0.929 bits per heavy atom. The standard InChI is InChI=1S/C21H21NO5S/c1-14(15-5-8-20-21(13-15)27-10-9-26-20)22-28(23,24)19-7-4-16-11-18(25-2)6-3-17(16)12-19/h3-8,11-14,22H,9-10H2,1-2H3/t14-/m0/s1. The summed E-state index contributed by atoms with van der Waals surface area (Å²) in [6.07, 6.45) is 0. The first kappa shape index (κ1) is 18.6. The lowest BCUT2D eigenvalue weighted by molar-refractivity contribution is 0.171. The summed E-state index contributed by atoms with van der Waals surface area (Å²) >= 11 is 0. The highest BCUT2D eigenvalue weighted by atomic mass is 32.2. The van der Waals surface area contributed by atoms with Crippen LogP contribution < -0.4 is 18.9 Å². The second kappa shape index (κ2) is 7.33. The molecule has 0 saturated carbocycles. The minimum atomic E-state index is -3.69. The number of fused-ring (bicyclic) bond motifs is 2. The van der Waals surface area contributed by atoms with Gasteiger partial charge in [0.25, 0.3) is 0 Å². The summed E-state index contributed by atoms with van der Waals surface area (Å²) < 4.78 is 44.8. The van der Waals surface area contributed by atoms with Crippen molar-refractivity contribution in [3.05, 3.63) is 60.2 Å². The van der Waals surface area contributed by atoms with Crippen LogP contribution in [0.5, 0.6) is 17.2 Å². The average Bonchev–Trinajstić information content (AvgIpc) is 2.72. The van der Waals surface area contributed by atoms with Gasteiger partial charge in [-0.05, 0) is 59.7 Å². The first-order valence-corrected chi connectivity index (χ1v) is 10.4. The lowest BCUT2D eigenvalue weighted by Crippen LogP contribution is -2.27. The monoisotopic (exact) mass is 399 g/mol. The fourth-order valence-corrected chi connectivity index (χ4v) is 4.46. The van der Waals surface area contributed by atoms with Gasteiger partial charge >= 0.3 is 0 Å². The molecule has 0 saturated heterocycles. The van der Waals surface area contributed by atoms with Gasteiger partial charge in [0, 0.05) is 6.04 Å². The number of methoxy groups -OCH3 is 1. The molecule has 3 aromatic rings. The van der Waals surface area contributed by atoms with Crippen LogP contribution in [0.15, 0.2) is 59.5 Å². The van der Waals surface area contributed by atoms with Crippen LogP contribution >= 0.6 is 0 Å². The van der Waals surface area contributed by atoms with Crippen LogP contribution in [0.1, 0.15) is 18.5 Å². The lowest BCUT2D eigenvalue weighted by Gasteiger charge is -2.21. The van der Waals surface area contributed by atoms with E-state index in [9.17, 15) is 8.42 Å². The van der Waals surface area contributed by atoms with Gasteiger partial charge in [-0.25, -0.2) is 13.1 Å². The molecule has 146 valence electrons. The fraction of sp³-hybridized carbons (Fsp3) is 0.238. The highest BCUT2D eigenvalue weighted by molar-refractivity contribution is 7.89. The Morgan fingerprint density at radius 3 is 2.43 bits per heavy atom. The van der Waals surface area contributed by atoms with Crippen LogP contribution in [0.4, 0.5) is 0 Å². The third-order valence-corrected chi connectivity index (χ3v) is 6.27. The Kier molecular flexibility index (Phi) is 4.87. The largest absolute Gasteiger partial charge is 0.497 e. The molecular weight excluding hydrogens is 378 g/mol. The molecule has 3 aromatic carbocycles. The zero-order valence-electron chi connectivity index (χ0n) is 15.6. The van der Waals surface area contributed by atoms with E-state index in [1.54, 1.807) is 38.3 Å². The van der Waals surface area contributed by atoms with Gasteiger partial charge in [-0.15, -0.1) is 0 Å². The van der Waals surface area contributed by atoms with Crippen LogP contribution in [0.25, 0.3) is 10.8 Å². The molecule has 0 aromatic heterocycles. The highest BCUT2D eigenvalue weighted by Crippen LogP contribution is 2.33. The smallest absolute Gasteiger partial charge is 0.241 e. The number of nitrogens with one attached hydrogen (secondary N) is 1. The summed E-state index contributed by atoms with van der Waals surface area (Å²) in [6.45, 7) is 2.80. The Labute approximate surface area is 164 Å². The third kappa shape index (κ3) is 3.63. The molecule has 4 rings (SSSR count). The molecule has 1 heterocycles. The zero-order valence-corrected chi connectivity index (χ0v) is 16.5. The molecule has 7 heteroatoms. The maximum atomic E-state index is 12.9. The number of benzene rings is 3. The topological polar surface area (TPSA) is 73.9 Å². The Hall–Kier alpha value is -2.77. The average molecular weight is 399 g/mol. The van der Waals surface area contributed by atoms with Crippen molar-refractivity contribution in [1.82, 2.24) is 4.72 Å². The SMILES string of the molecule is COc1ccc2cc(S(=O)(=O)N[C@@H](C)c3ccc4c(c3)OCCO4)ccc2c1. The second-order valence-corrected chi connectivity index (χ2v) is 8.33. The van der Waals surface area contributed by atoms with Gasteiger partial charge in [0.15, 0.2) is 11.5 Å². The van der Waals surface area contributed by atoms with Gasteiger partial charge in [0.2, 0.25) is 10.0 Å². The molecule has 1 aliphatic heterocycles. The maximum absolute atomic E-state index is 12.9. The van der Waals surface area contributed by atoms with E-state index < -0.39 is 16.1 Å². The number of hydrogen-bond donors (Lipinski definition) is 1. The van der Waals surface area contributed by atoms with E-state index in [0.29, 0.717) is 24.7 Å². The van der Waals surface area contributed by atoms with Crippen molar-refractivity contribution in [2.24, 2.45) is 0 Å². The summed E-state index contributed by atoms with van der Waals surface area (Å²) in [7, 11) is -2.09. The zero-order chi connectivity index (χ0) is 19.7. The lowest BCUT2D eigenvalue weighted by atomic mass is 10.1. The predicted molar refractivity (Wildman–Crippen MR) is 107 cm³/mol. The van der Waals surface area contributed by atoms with Crippen LogP contribution in [0, 0.1) is 0 Å². The number of sulfonamides is 1. The summed E-state index contributed by atoms with van der Waals surface area (Å²) in [5.74, 6) is 2.04. The summed E-state index contributed by atoms with van der Waals surface area (Å²) in [5.41, 5.74) is 0.804. The van der Waals surface area contributed by atoms with Crippen molar-refractivity contribution in [2.45, 2.75) is 17.9 Å². The molecular formula is C21H21NO5S. The minimum absolute atomic E-state index is 0.217. The highest BCUT2D eigenvalue weighted by Gasteiger charge is 2.21. The molecule has 6 nitrogen and oxygen atoms in total. The minimum Gasteiger partial charge on any atom is -0.497 e. The second-order valence-electron chi connectivity index (χ2n) is 6.62. The van der Waals surface area contributed by atoms with Gasteiger partial charge in [-0.1, -0.05) is 18.2 Å². The van der Waals surface area contributed by atoms with Crippen molar-refractivity contribution >= 4 is 20.8 Å². The quantitative estimate of drug-likeness (QED) is 0.709. The molecule has 1 aliphatic rings. The Balaban J connectivity index is 1.59. The van der Waals surface area contributed by atoms with E-state index in [4.69, 9.17) is 14.2 Å². The summed E-state index contributed by atoms with van der Waals surface area (Å²) in [4.78, 5) is 0.217. The molecule has 0 bridgehead atoms. The van der Waals surface area contributed by atoms with E-state index >= 15 is 0 Å². The van der Waals surface area contributed by atoms with Gasteiger partial charge in [-0.2, -0.15) is 0 Å². The van der Waals surface area contributed by atoms with Crippen molar-refractivity contribution in [1.29, 1.82) is 0 Å². The maximum Gasteiger partial charge on any atom is 0.241 e. The van der Waals surface area contributed by atoms with Gasteiger partial charge in [0.1, 0.15) is 19.0 Å². The van der Waals surface area contributed by atoms with E-state index in [2.05, 4.69) is 4.72 Å². The van der Waals surface area contributed by atoms with Crippen LogP contribution in [-0.4, -0.2) is 28.7 Å². The van der Waals surface area contributed by atoms with E-state index in [1.807, 2.05) is 30.3 Å². The van der Waals surface area contributed by atoms with E-state index in [0.717, 1.165) is 22.1 Å². The molecule has 0 fully saturated rings. The number of ether oxygens (including phenoxy) is 3. The molecule has 0 spiro atoms. The summed E-state index contributed by atoms with van der Waals surface area (Å²) in [6, 6.07) is 15.6. The van der Waals surface area contributed by atoms with Crippen LogP contribution in [-0.2, 0) is 10.0 Å². The first-order valence-electron chi connectivity index (χ1n) is 8.96. The van der Waals surface area contributed by atoms with E-state index in [1.165, 1.54) is 0 Å². The van der Waals surface area contributed by atoms with Crippen LogP contribution in [0.2, 0.25) is 0 Å². The predicted octanol–water partition coefficient (Wildman–Crippen LogP) is 3.66. The number of hydrogen-bond acceptors (Lipinski definition) is 5. The van der Waals surface area contributed by atoms with Gasteiger partial charge in [0.05, 0.1) is 12.0 Å². The fourth-order valence-electron chi connectivity index (χ4n) is 3.19. The van der Waals surface area contributed by atoms with Crippen molar-refractivity contribution in [2.75, 3.05) is 20.3 Å². The van der Waals surface area contributed by atoms with Gasteiger partial charge < -0.3 is 14.2 Å². The number of rotatable bonds is 5. The molecule has 0 unspecified atom stereocenters. The molecule has 0 radical (unpaired) electrons. The molecule has 1 atom stereocenters. The molecule has 28 heavy (non-hydrogen) atoms. The van der Waals surface area contributed by atoms with Crippen molar-refractivity contribution < 1.29 is 22.6 Å². The molecule has 1 N–H and O–H groups in total. The van der Waals surface area contributed by atoms with Crippen molar-refractivity contribution in [3.8, 4) is 17.2 Å². The Bertz CT molecular complexity index is 1130.